The maximum Gasteiger partial charge on any atom is 0.211 e. The summed E-state index contributed by atoms with van der Waals surface area (Å²) in [5, 5.41) is 7.05. The van der Waals surface area contributed by atoms with E-state index in [1.165, 1.54) is 10.6 Å². The van der Waals surface area contributed by atoms with E-state index in [0.29, 0.717) is 25.9 Å². The molecule has 7 nitrogen and oxygen atoms in total. The van der Waals surface area contributed by atoms with Crippen molar-refractivity contribution >= 4 is 31.7 Å². The fraction of sp³-hybridized carbons (Fsp3) is 0.400. The number of sulfonamides is 1. The van der Waals surface area contributed by atoms with Gasteiger partial charge in [-0.15, -0.1) is 0 Å². The van der Waals surface area contributed by atoms with Crippen LogP contribution in [0, 0.1) is 0 Å². The Labute approximate surface area is 178 Å². The first kappa shape index (κ1) is 19.0. The number of benzene rings is 1. The van der Waals surface area contributed by atoms with Gasteiger partial charge in [0.2, 0.25) is 15.7 Å². The van der Waals surface area contributed by atoms with E-state index in [1.807, 2.05) is 30.5 Å². The lowest BCUT2D eigenvalue weighted by Gasteiger charge is -2.50. The Kier molecular flexibility index (Phi) is 4.45. The molecule has 0 bridgehead atoms. The van der Waals surface area contributed by atoms with Crippen LogP contribution in [-0.4, -0.2) is 53.5 Å². The molecule has 1 aromatic heterocycles. The Morgan fingerprint density at radius 2 is 2.03 bits per heavy atom. The highest BCUT2D eigenvalue weighted by molar-refractivity contribution is 9.10. The van der Waals surface area contributed by atoms with Gasteiger partial charge in [0.1, 0.15) is 5.75 Å². The van der Waals surface area contributed by atoms with E-state index in [1.54, 1.807) is 6.20 Å². The molecule has 1 aromatic carbocycles. The van der Waals surface area contributed by atoms with Crippen molar-refractivity contribution in [2.75, 3.05) is 19.3 Å². The lowest BCUT2D eigenvalue weighted by molar-refractivity contribution is -0.143. The zero-order chi connectivity index (χ0) is 20.2. The zero-order valence-corrected chi connectivity index (χ0v) is 18.4. The van der Waals surface area contributed by atoms with Crippen LogP contribution in [0.2, 0.25) is 0 Å². The molecule has 9 heteroatoms. The first-order valence-electron chi connectivity index (χ1n) is 9.57. The van der Waals surface area contributed by atoms with Crippen LogP contribution >= 0.6 is 15.9 Å². The molecule has 1 atom stereocenters. The van der Waals surface area contributed by atoms with Crippen molar-refractivity contribution in [1.82, 2.24) is 14.3 Å². The highest BCUT2D eigenvalue weighted by atomic mass is 79.9. The first-order valence-corrected chi connectivity index (χ1v) is 12.2. The van der Waals surface area contributed by atoms with Crippen LogP contribution in [0.5, 0.6) is 5.75 Å². The third kappa shape index (κ3) is 3.25. The summed E-state index contributed by atoms with van der Waals surface area (Å²) in [6, 6.07) is 10.0. The molecule has 0 unspecified atom stereocenters. The van der Waals surface area contributed by atoms with Crippen LogP contribution in [0.1, 0.15) is 36.4 Å². The number of hydrogen-bond acceptors (Lipinski definition) is 6. The van der Waals surface area contributed by atoms with Crippen LogP contribution in [0.3, 0.4) is 0 Å². The number of piperidine rings is 1. The summed E-state index contributed by atoms with van der Waals surface area (Å²) in [5.74, 6) is 0.852. The molecule has 5 rings (SSSR count). The number of hydrogen-bond donors (Lipinski definition) is 0. The SMILES string of the molecule is CS(=O)(=O)N1CCC2(CC1)Oc1ccc(Br)cc1[C@H]1CC(c3cccnc3)=NN12. The van der Waals surface area contributed by atoms with Crippen molar-refractivity contribution in [2.45, 2.75) is 31.0 Å². The number of hydrazone groups is 1. The number of pyridine rings is 1. The fourth-order valence-electron chi connectivity index (χ4n) is 4.46. The molecule has 4 heterocycles. The van der Waals surface area contributed by atoms with E-state index >= 15 is 0 Å². The molecule has 1 saturated heterocycles. The quantitative estimate of drug-likeness (QED) is 0.665. The second kappa shape index (κ2) is 6.78. The molecular formula is C20H21BrN4O3S. The van der Waals surface area contributed by atoms with Crippen LogP contribution in [0.4, 0.5) is 0 Å². The minimum absolute atomic E-state index is 0.0521. The molecule has 0 saturated carbocycles. The van der Waals surface area contributed by atoms with Gasteiger partial charge < -0.3 is 4.74 Å². The molecule has 0 aliphatic carbocycles. The van der Waals surface area contributed by atoms with E-state index in [2.05, 4.69) is 32.0 Å². The molecule has 29 heavy (non-hydrogen) atoms. The number of aromatic nitrogens is 1. The third-order valence-electron chi connectivity index (χ3n) is 5.93. The Bertz CT molecular complexity index is 1080. The van der Waals surface area contributed by atoms with Crippen molar-refractivity contribution < 1.29 is 13.2 Å². The molecule has 0 amide bonds. The summed E-state index contributed by atoms with van der Waals surface area (Å²) in [6.45, 7) is 0.845. The largest absolute Gasteiger partial charge is 0.466 e. The Morgan fingerprint density at radius 3 is 2.72 bits per heavy atom. The predicted octanol–water partition coefficient (Wildman–Crippen LogP) is 3.14. The number of ether oxygens (including phenoxy) is 1. The van der Waals surface area contributed by atoms with Gasteiger partial charge in [0, 0.05) is 60.3 Å². The number of rotatable bonds is 2. The van der Waals surface area contributed by atoms with Gasteiger partial charge in [-0.3, -0.25) is 4.98 Å². The number of nitrogens with zero attached hydrogens (tertiary/aromatic N) is 4. The summed E-state index contributed by atoms with van der Waals surface area (Å²) in [4.78, 5) is 4.23. The van der Waals surface area contributed by atoms with Gasteiger partial charge in [0.05, 0.1) is 18.0 Å². The average molecular weight is 477 g/mol. The van der Waals surface area contributed by atoms with Crippen LogP contribution in [-0.2, 0) is 10.0 Å². The van der Waals surface area contributed by atoms with Crippen molar-refractivity contribution in [3.05, 3.63) is 58.3 Å². The Morgan fingerprint density at radius 1 is 1.24 bits per heavy atom. The second-order valence-electron chi connectivity index (χ2n) is 7.75. The summed E-state index contributed by atoms with van der Waals surface area (Å²) in [6.07, 6.45) is 6.74. The molecule has 3 aliphatic rings. The standard InChI is InChI=1S/C20H21BrN4O3S/c1-29(26,27)24-9-6-20(7-10-24)25-18(16-11-15(21)4-5-19(16)28-20)12-17(23-25)14-3-2-8-22-13-14/h2-5,8,11,13,18H,6-7,9-10,12H2,1H3/t18-/m1/s1. The van der Waals surface area contributed by atoms with Gasteiger partial charge in [-0.1, -0.05) is 22.0 Å². The van der Waals surface area contributed by atoms with Crippen LogP contribution in [0.25, 0.3) is 0 Å². The van der Waals surface area contributed by atoms with Gasteiger partial charge in [-0.2, -0.15) is 5.10 Å². The third-order valence-corrected chi connectivity index (χ3v) is 7.72. The smallest absolute Gasteiger partial charge is 0.211 e. The lowest BCUT2D eigenvalue weighted by atomic mass is 9.91. The van der Waals surface area contributed by atoms with E-state index in [4.69, 9.17) is 9.84 Å². The second-order valence-corrected chi connectivity index (χ2v) is 10.6. The number of fused-ring (bicyclic) bond motifs is 4. The van der Waals surface area contributed by atoms with Gasteiger partial charge in [0.15, 0.2) is 0 Å². The normalized spacial score (nSPS) is 23.3. The van der Waals surface area contributed by atoms with Crippen molar-refractivity contribution in [2.24, 2.45) is 5.10 Å². The average Bonchev–Trinajstić information content (AvgIpc) is 3.16. The minimum atomic E-state index is -3.21. The maximum atomic E-state index is 12.0. The van der Waals surface area contributed by atoms with Gasteiger partial charge in [-0.05, 0) is 24.3 Å². The highest BCUT2D eigenvalue weighted by Gasteiger charge is 2.52. The minimum Gasteiger partial charge on any atom is -0.466 e. The molecular weight excluding hydrogens is 456 g/mol. The maximum absolute atomic E-state index is 12.0. The van der Waals surface area contributed by atoms with Crippen molar-refractivity contribution in [3.63, 3.8) is 0 Å². The van der Waals surface area contributed by atoms with Crippen LogP contribution in [0.15, 0.2) is 52.3 Å². The summed E-state index contributed by atoms with van der Waals surface area (Å²) < 4.78 is 33.0. The Balaban J connectivity index is 1.55. The van der Waals surface area contributed by atoms with E-state index < -0.39 is 15.7 Å². The first-order chi connectivity index (χ1) is 13.9. The molecule has 1 fully saturated rings. The zero-order valence-electron chi connectivity index (χ0n) is 16.0. The molecule has 152 valence electrons. The highest BCUT2D eigenvalue weighted by Crippen LogP contribution is 2.50. The topological polar surface area (TPSA) is 75.1 Å². The van der Waals surface area contributed by atoms with Gasteiger partial charge in [-0.25, -0.2) is 17.7 Å². The summed E-state index contributed by atoms with van der Waals surface area (Å²) in [7, 11) is -3.21. The molecule has 3 aliphatic heterocycles. The van der Waals surface area contributed by atoms with Crippen LogP contribution < -0.4 is 4.74 Å². The predicted molar refractivity (Wildman–Crippen MR) is 113 cm³/mol. The van der Waals surface area contributed by atoms with E-state index in [9.17, 15) is 8.42 Å². The van der Waals surface area contributed by atoms with Crippen molar-refractivity contribution in [1.29, 1.82) is 0 Å². The molecule has 2 aromatic rings. The molecule has 0 radical (unpaired) electrons. The van der Waals surface area contributed by atoms with Crippen molar-refractivity contribution in [3.8, 4) is 5.75 Å². The van der Waals surface area contributed by atoms with E-state index in [-0.39, 0.29) is 6.04 Å². The fourth-order valence-corrected chi connectivity index (χ4v) is 5.68. The lowest BCUT2D eigenvalue weighted by Crippen LogP contribution is -2.59. The van der Waals surface area contributed by atoms with E-state index in [0.717, 1.165) is 33.5 Å². The monoisotopic (exact) mass is 476 g/mol. The molecule has 1 spiro atoms. The summed E-state index contributed by atoms with van der Waals surface area (Å²) >= 11 is 3.57. The number of halogens is 1. The Hall–Kier alpha value is -1.97. The van der Waals surface area contributed by atoms with Gasteiger partial charge in [0.25, 0.3) is 0 Å². The van der Waals surface area contributed by atoms with Gasteiger partial charge >= 0.3 is 0 Å². The molecule has 0 N–H and O–H groups in total. The summed E-state index contributed by atoms with van der Waals surface area (Å²) in [5.41, 5.74) is 2.43.